The van der Waals surface area contributed by atoms with Crippen LogP contribution >= 0.6 is 0 Å². The second kappa shape index (κ2) is 6.04. The summed E-state index contributed by atoms with van der Waals surface area (Å²) >= 11 is 0. The maximum Gasteiger partial charge on any atom is 0.162 e. The molecular weight excluding hydrogens is 240 g/mol. The van der Waals surface area contributed by atoms with Gasteiger partial charge in [-0.3, -0.25) is 0 Å². The lowest BCUT2D eigenvalue weighted by atomic mass is 9.87. The summed E-state index contributed by atoms with van der Waals surface area (Å²) in [5.74, 6) is -0.460. The van der Waals surface area contributed by atoms with E-state index in [0.29, 0.717) is 26.4 Å². The molecule has 0 aliphatic carbocycles. The minimum absolute atomic E-state index is 0.00962. The quantitative estimate of drug-likeness (QED) is 0.816. The second-order valence-corrected chi connectivity index (χ2v) is 5.81. The lowest BCUT2D eigenvalue weighted by molar-refractivity contribution is -0.292. The van der Waals surface area contributed by atoms with Gasteiger partial charge in [0.25, 0.3) is 0 Å². The molecule has 0 aromatic heterocycles. The first-order valence-electron chi connectivity index (χ1n) is 6.95. The van der Waals surface area contributed by atoms with E-state index >= 15 is 0 Å². The van der Waals surface area contributed by atoms with E-state index in [9.17, 15) is 0 Å². The summed E-state index contributed by atoms with van der Waals surface area (Å²) in [4.78, 5) is 0. The SMILES string of the molecule is CCC1(COCc2ccccc2)COC(C)(C)OC1. The molecule has 0 N–H and O–H groups in total. The van der Waals surface area contributed by atoms with Gasteiger partial charge in [-0.15, -0.1) is 0 Å². The molecule has 2 rings (SSSR count). The first-order valence-corrected chi connectivity index (χ1v) is 6.95. The highest BCUT2D eigenvalue weighted by molar-refractivity contribution is 5.13. The van der Waals surface area contributed by atoms with E-state index < -0.39 is 5.79 Å². The zero-order valence-electron chi connectivity index (χ0n) is 12.1. The number of ether oxygens (including phenoxy) is 3. The van der Waals surface area contributed by atoms with E-state index in [2.05, 4.69) is 19.1 Å². The third kappa shape index (κ3) is 4.03. The molecule has 1 aliphatic heterocycles. The Morgan fingerprint density at radius 3 is 2.32 bits per heavy atom. The van der Waals surface area contributed by atoms with Crippen LogP contribution in [0.3, 0.4) is 0 Å². The zero-order chi connectivity index (χ0) is 13.8. The highest BCUT2D eigenvalue weighted by atomic mass is 16.7. The molecule has 1 heterocycles. The Labute approximate surface area is 115 Å². The summed E-state index contributed by atoms with van der Waals surface area (Å²) in [6, 6.07) is 10.2. The molecule has 1 aliphatic rings. The van der Waals surface area contributed by atoms with Crippen LogP contribution in [0.2, 0.25) is 0 Å². The van der Waals surface area contributed by atoms with Gasteiger partial charge < -0.3 is 14.2 Å². The Morgan fingerprint density at radius 1 is 1.11 bits per heavy atom. The Balaban J connectivity index is 1.83. The predicted molar refractivity (Wildman–Crippen MR) is 74.8 cm³/mol. The molecule has 0 saturated carbocycles. The normalized spacial score (nSPS) is 21.2. The van der Waals surface area contributed by atoms with Crippen LogP contribution < -0.4 is 0 Å². The van der Waals surface area contributed by atoms with Crippen molar-refractivity contribution in [3.8, 4) is 0 Å². The van der Waals surface area contributed by atoms with Gasteiger partial charge in [-0.05, 0) is 25.8 Å². The van der Waals surface area contributed by atoms with E-state index in [4.69, 9.17) is 14.2 Å². The minimum Gasteiger partial charge on any atom is -0.376 e. The van der Waals surface area contributed by atoms with Crippen LogP contribution in [0, 0.1) is 5.41 Å². The molecule has 1 aromatic rings. The van der Waals surface area contributed by atoms with Gasteiger partial charge in [-0.2, -0.15) is 0 Å². The van der Waals surface area contributed by atoms with Crippen molar-refractivity contribution in [2.24, 2.45) is 5.41 Å². The van der Waals surface area contributed by atoms with Gasteiger partial charge in [0.15, 0.2) is 5.79 Å². The number of rotatable bonds is 5. The Morgan fingerprint density at radius 2 is 1.74 bits per heavy atom. The molecule has 3 nitrogen and oxygen atoms in total. The summed E-state index contributed by atoms with van der Waals surface area (Å²) in [5, 5.41) is 0. The van der Waals surface area contributed by atoms with Gasteiger partial charge in [0.05, 0.1) is 26.4 Å². The molecule has 1 fully saturated rings. The fourth-order valence-electron chi connectivity index (χ4n) is 2.09. The highest BCUT2D eigenvalue weighted by Crippen LogP contribution is 2.32. The van der Waals surface area contributed by atoms with Crippen molar-refractivity contribution in [2.45, 2.75) is 39.6 Å². The molecule has 0 unspecified atom stereocenters. The van der Waals surface area contributed by atoms with Gasteiger partial charge in [-0.1, -0.05) is 37.3 Å². The molecular formula is C16H24O3. The highest BCUT2D eigenvalue weighted by Gasteiger charge is 2.39. The largest absolute Gasteiger partial charge is 0.376 e. The predicted octanol–water partition coefficient (Wildman–Crippen LogP) is 3.38. The van der Waals surface area contributed by atoms with Gasteiger partial charge in [0.2, 0.25) is 0 Å². The molecule has 0 amide bonds. The molecule has 106 valence electrons. The van der Waals surface area contributed by atoms with Gasteiger partial charge in [-0.25, -0.2) is 0 Å². The van der Waals surface area contributed by atoms with Gasteiger partial charge in [0, 0.05) is 5.41 Å². The summed E-state index contributed by atoms with van der Waals surface area (Å²) in [5.41, 5.74) is 1.19. The van der Waals surface area contributed by atoms with Crippen molar-refractivity contribution in [1.82, 2.24) is 0 Å². The molecule has 1 aromatic carbocycles. The van der Waals surface area contributed by atoms with E-state index in [1.165, 1.54) is 5.56 Å². The van der Waals surface area contributed by atoms with Crippen LogP contribution in [0.4, 0.5) is 0 Å². The summed E-state index contributed by atoms with van der Waals surface area (Å²) in [6.07, 6.45) is 0.998. The van der Waals surface area contributed by atoms with E-state index in [1.807, 2.05) is 32.0 Å². The zero-order valence-corrected chi connectivity index (χ0v) is 12.1. The van der Waals surface area contributed by atoms with Crippen molar-refractivity contribution in [3.05, 3.63) is 35.9 Å². The molecule has 0 spiro atoms. The fourth-order valence-corrected chi connectivity index (χ4v) is 2.09. The lowest BCUT2D eigenvalue weighted by Crippen LogP contribution is -2.48. The number of hydrogen-bond donors (Lipinski definition) is 0. The van der Waals surface area contributed by atoms with Gasteiger partial charge in [0.1, 0.15) is 0 Å². The second-order valence-electron chi connectivity index (χ2n) is 5.81. The number of benzene rings is 1. The smallest absolute Gasteiger partial charge is 0.162 e. The monoisotopic (exact) mass is 264 g/mol. The van der Waals surface area contributed by atoms with Crippen LogP contribution in [0.15, 0.2) is 30.3 Å². The van der Waals surface area contributed by atoms with Gasteiger partial charge >= 0.3 is 0 Å². The molecule has 0 atom stereocenters. The maximum absolute atomic E-state index is 5.86. The topological polar surface area (TPSA) is 27.7 Å². The fraction of sp³-hybridized carbons (Fsp3) is 0.625. The van der Waals surface area contributed by atoms with Crippen molar-refractivity contribution in [1.29, 1.82) is 0 Å². The van der Waals surface area contributed by atoms with E-state index in [1.54, 1.807) is 0 Å². The van der Waals surface area contributed by atoms with Crippen LogP contribution in [0.1, 0.15) is 32.8 Å². The standard InChI is InChI=1S/C16H24O3/c1-4-16(12-18-15(2,3)19-13-16)11-17-10-14-8-6-5-7-9-14/h5-9H,4,10-13H2,1-3H3. The maximum atomic E-state index is 5.86. The molecule has 1 saturated heterocycles. The molecule has 0 radical (unpaired) electrons. The first-order chi connectivity index (χ1) is 9.05. The molecule has 19 heavy (non-hydrogen) atoms. The minimum atomic E-state index is -0.460. The Hall–Kier alpha value is -0.900. The van der Waals surface area contributed by atoms with Crippen molar-refractivity contribution >= 4 is 0 Å². The number of hydrogen-bond acceptors (Lipinski definition) is 3. The molecule has 0 bridgehead atoms. The summed E-state index contributed by atoms with van der Waals surface area (Å²) in [7, 11) is 0. The van der Waals surface area contributed by atoms with E-state index in [-0.39, 0.29) is 5.41 Å². The van der Waals surface area contributed by atoms with Crippen molar-refractivity contribution < 1.29 is 14.2 Å². The summed E-state index contributed by atoms with van der Waals surface area (Å²) < 4.78 is 17.4. The Bertz CT molecular complexity index is 376. The van der Waals surface area contributed by atoms with Crippen LogP contribution in [0.25, 0.3) is 0 Å². The summed E-state index contributed by atoms with van der Waals surface area (Å²) in [6.45, 7) is 8.79. The third-order valence-corrected chi connectivity index (χ3v) is 3.72. The average molecular weight is 264 g/mol. The lowest BCUT2D eigenvalue weighted by Gasteiger charge is -2.42. The van der Waals surface area contributed by atoms with E-state index in [0.717, 1.165) is 6.42 Å². The van der Waals surface area contributed by atoms with Crippen molar-refractivity contribution in [2.75, 3.05) is 19.8 Å². The van der Waals surface area contributed by atoms with Crippen molar-refractivity contribution in [3.63, 3.8) is 0 Å². The third-order valence-electron chi connectivity index (χ3n) is 3.72. The van der Waals surface area contributed by atoms with Crippen LogP contribution in [-0.2, 0) is 20.8 Å². The molecule has 3 heteroatoms. The van der Waals surface area contributed by atoms with Crippen LogP contribution in [-0.4, -0.2) is 25.6 Å². The average Bonchev–Trinajstić information content (AvgIpc) is 2.42. The van der Waals surface area contributed by atoms with Crippen LogP contribution in [0.5, 0.6) is 0 Å². The first kappa shape index (κ1) is 14.5. The Kier molecular flexibility index (Phi) is 4.61.